The van der Waals surface area contributed by atoms with Crippen LogP contribution in [0.1, 0.15) is 0 Å². The molecule has 3 nitrogen and oxygen atoms in total. The van der Waals surface area contributed by atoms with Crippen LogP contribution >= 0.6 is 0 Å². The number of hydrogen-bond acceptors (Lipinski definition) is 3. The summed E-state index contributed by atoms with van der Waals surface area (Å²) in [5.41, 5.74) is 5.89. The molecule has 0 saturated heterocycles. The van der Waals surface area contributed by atoms with Gasteiger partial charge in [-0.05, 0) is 0 Å². The van der Waals surface area contributed by atoms with E-state index in [4.69, 9.17) is 10.5 Å². The van der Waals surface area contributed by atoms with Crippen LogP contribution in [0, 0.1) is 11.6 Å². The molecule has 1 aromatic carbocycles. The van der Waals surface area contributed by atoms with E-state index in [0.717, 1.165) is 18.2 Å². The van der Waals surface area contributed by atoms with E-state index >= 15 is 0 Å². The van der Waals surface area contributed by atoms with Crippen LogP contribution in [0.3, 0.4) is 0 Å². The summed E-state index contributed by atoms with van der Waals surface area (Å²) in [7, 11) is 0. The number of benzene rings is 1. The second kappa shape index (κ2) is 4.14. The van der Waals surface area contributed by atoms with Gasteiger partial charge in [0.2, 0.25) is 0 Å². The topological polar surface area (TPSA) is 48.1 Å². The molecular formula is C11H8F2N2O. The Morgan fingerprint density at radius 2 is 1.62 bits per heavy atom. The lowest BCUT2D eigenvalue weighted by Crippen LogP contribution is -1.91. The van der Waals surface area contributed by atoms with Crippen molar-refractivity contribution in [2.24, 2.45) is 0 Å². The number of anilines is 1. The molecule has 0 amide bonds. The molecule has 5 heteroatoms. The van der Waals surface area contributed by atoms with Crippen LogP contribution in [0.2, 0.25) is 0 Å². The van der Waals surface area contributed by atoms with E-state index in [9.17, 15) is 8.78 Å². The molecule has 1 aromatic heterocycles. The number of nitrogens with zero attached hydrogens (tertiary/aromatic N) is 1. The van der Waals surface area contributed by atoms with Crippen LogP contribution in [0.25, 0.3) is 0 Å². The van der Waals surface area contributed by atoms with E-state index in [-0.39, 0.29) is 5.75 Å². The smallest absolute Gasteiger partial charge is 0.147 e. The standard InChI is InChI=1S/C11H8F2N2O/c12-7-1-8(13)3-10(2-7)16-11-4-9(14)5-15-6-11/h1-6H,14H2. The van der Waals surface area contributed by atoms with E-state index in [1.807, 2.05) is 0 Å². The fourth-order valence-electron chi connectivity index (χ4n) is 1.21. The molecule has 1 heterocycles. The third-order valence-electron chi connectivity index (χ3n) is 1.81. The van der Waals surface area contributed by atoms with Gasteiger partial charge in [-0.1, -0.05) is 0 Å². The van der Waals surface area contributed by atoms with Crippen LogP contribution in [-0.2, 0) is 0 Å². The van der Waals surface area contributed by atoms with Crippen molar-refractivity contribution in [3.8, 4) is 11.5 Å². The fraction of sp³-hybridized carbons (Fsp3) is 0. The molecule has 0 spiro atoms. The van der Waals surface area contributed by atoms with E-state index in [1.54, 1.807) is 0 Å². The second-order valence-corrected chi connectivity index (χ2v) is 3.16. The summed E-state index contributed by atoms with van der Waals surface area (Å²) in [6.07, 6.45) is 2.85. The van der Waals surface area contributed by atoms with Crippen LogP contribution in [0.4, 0.5) is 14.5 Å². The number of nitrogens with two attached hydrogens (primary N) is 1. The number of hydrogen-bond donors (Lipinski definition) is 1. The fourth-order valence-corrected chi connectivity index (χ4v) is 1.21. The van der Waals surface area contributed by atoms with Crippen LogP contribution in [0.5, 0.6) is 11.5 Å². The first-order valence-corrected chi connectivity index (χ1v) is 4.48. The SMILES string of the molecule is Nc1cncc(Oc2cc(F)cc(F)c2)c1. The predicted molar refractivity (Wildman–Crippen MR) is 55.1 cm³/mol. The van der Waals surface area contributed by atoms with E-state index in [0.29, 0.717) is 11.4 Å². The van der Waals surface area contributed by atoms with Gasteiger partial charge >= 0.3 is 0 Å². The molecule has 2 aromatic rings. The molecule has 0 fully saturated rings. The zero-order chi connectivity index (χ0) is 11.5. The van der Waals surface area contributed by atoms with Crippen molar-refractivity contribution in [2.75, 3.05) is 5.73 Å². The van der Waals surface area contributed by atoms with Gasteiger partial charge in [0.25, 0.3) is 0 Å². The summed E-state index contributed by atoms with van der Waals surface area (Å²) in [4.78, 5) is 3.79. The molecule has 2 N–H and O–H groups in total. The maximum atomic E-state index is 12.8. The zero-order valence-electron chi connectivity index (χ0n) is 8.15. The first-order valence-electron chi connectivity index (χ1n) is 4.48. The van der Waals surface area contributed by atoms with Crippen molar-refractivity contribution in [2.45, 2.75) is 0 Å². The Labute approximate surface area is 90.5 Å². The summed E-state index contributed by atoms with van der Waals surface area (Å²) in [5, 5.41) is 0. The minimum Gasteiger partial charge on any atom is -0.455 e. The van der Waals surface area contributed by atoms with Crippen LogP contribution < -0.4 is 10.5 Å². The van der Waals surface area contributed by atoms with Crippen LogP contribution in [-0.4, -0.2) is 4.98 Å². The van der Waals surface area contributed by atoms with Crippen molar-refractivity contribution in [3.05, 3.63) is 48.3 Å². The van der Waals surface area contributed by atoms with Gasteiger partial charge in [-0.3, -0.25) is 4.98 Å². The Balaban J connectivity index is 2.27. The van der Waals surface area contributed by atoms with Gasteiger partial charge in [0, 0.05) is 24.3 Å². The Bertz CT molecular complexity index is 497. The highest BCUT2D eigenvalue weighted by molar-refractivity contribution is 5.41. The highest BCUT2D eigenvalue weighted by Gasteiger charge is 2.03. The normalized spacial score (nSPS) is 10.1. The number of halogens is 2. The van der Waals surface area contributed by atoms with Crippen molar-refractivity contribution < 1.29 is 13.5 Å². The molecule has 0 saturated carbocycles. The molecule has 16 heavy (non-hydrogen) atoms. The number of nitrogen functional groups attached to an aromatic ring is 1. The van der Waals surface area contributed by atoms with Gasteiger partial charge in [0.15, 0.2) is 0 Å². The Morgan fingerprint density at radius 3 is 2.25 bits per heavy atom. The van der Waals surface area contributed by atoms with Gasteiger partial charge in [-0.2, -0.15) is 0 Å². The van der Waals surface area contributed by atoms with Crippen molar-refractivity contribution >= 4 is 5.69 Å². The second-order valence-electron chi connectivity index (χ2n) is 3.16. The van der Waals surface area contributed by atoms with Crippen molar-refractivity contribution in [3.63, 3.8) is 0 Å². The van der Waals surface area contributed by atoms with E-state index in [2.05, 4.69) is 4.98 Å². The minimum absolute atomic E-state index is 0.0601. The molecule has 0 aliphatic rings. The molecule has 0 radical (unpaired) electrons. The first kappa shape index (κ1) is 10.4. The van der Waals surface area contributed by atoms with Gasteiger partial charge in [0.1, 0.15) is 23.1 Å². The van der Waals surface area contributed by atoms with Gasteiger partial charge in [-0.15, -0.1) is 0 Å². The molecule has 0 atom stereocenters. The Morgan fingerprint density at radius 1 is 0.938 bits per heavy atom. The highest BCUT2D eigenvalue weighted by Crippen LogP contribution is 2.23. The molecule has 0 aliphatic carbocycles. The molecule has 0 aliphatic heterocycles. The number of aromatic nitrogens is 1. The average Bonchev–Trinajstić information content (AvgIpc) is 2.15. The summed E-state index contributed by atoms with van der Waals surface area (Å²) in [6.45, 7) is 0. The molecular weight excluding hydrogens is 214 g/mol. The largest absolute Gasteiger partial charge is 0.455 e. The van der Waals surface area contributed by atoms with Crippen molar-refractivity contribution in [1.82, 2.24) is 4.98 Å². The number of rotatable bonds is 2. The monoisotopic (exact) mass is 222 g/mol. The van der Waals surface area contributed by atoms with Gasteiger partial charge in [-0.25, -0.2) is 8.78 Å². The summed E-state index contributed by atoms with van der Waals surface area (Å²) < 4.78 is 30.9. The maximum absolute atomic E-state index is 12.8. The lowest BCUT2D eigenvalue weighted by molar-refractivity contribution is 0.466. The highest BCUT2D eigenvalue weighted by atomic mass is 19.1. The Kier molecular flexibility index (Phi) is 2.68. The molecule has 2 rings (SSSR count). The average molecular weight is 222 g/mol. The van der Waals surface area contributed by atoms with Gasteiger partial charge in [0.05, 0.1) is 18.1 Å². The third kappa shape index (κ3) is 2.44. The third-order valence-corrected chi connectivity index (χ3v) is 1.81. The summed E-state index contributed by atoms with van der Waals surface area (Å²) in [6, 6.07) is 4.43. The predicted octanol–water partition coefficient (Wildman–Crippen LogP) is 2.73. The zero-order valence-corrected chi connectivity index (χ0v) is 8.15. The lowest BCUT2D eigenvalue weighted by Gasteiger charge is -2.05. The number of pyridine rings is 1. The summed E-state index contributed by atoms with van der Waals surface area (Å²) >= 11 is 0. The first-order chi connectivity index (χ1) is 7.63. The van der Waals surface area contributed by atoms with Crippen molar-refractivity contribution in [1.29, 1.82) is 0 Å². The van der Waals surface area contributed by atoms with Gasteiger partial charge < -0.3 is 10.5 Å². The Hall–Kier alpha value is -2.17. The molecule has 0 bridgehead atoms. The van der Waals surface area contributed by atoms with Crippen LogP contribution in [0.15, 0.2) is 36.7 Å². The maximum Gasteiger partial charge on any atom is 0.147 e. The number of ether oxygens (including phenoxy) is 1. The lowest BCUT2D eigenvalue weighted by atomic mass is 10.3. The summed E-state index contributed by atoms with van der Waals surface area (Å²) in [5.74, 6) is -1.02. The molecule has 0 unspecified atom stereocenters. The van der Waals surface area contributed by atoms with E-state index in [1.165, 1.54) is 18.5 Å². The molecule has 82 valence electrons. The quantitative estimate of drug-likeness (QED) is 0.849. The minimum atomic E-state index is -0.702. The van der Waals surface area contributed by atoms with E-state index < -0.39 is 11.6 Å².